The lowest BCUT2D eigenvalue weighted by atomic mass is 10.0. The Kier molecular flexibility index (Phi) is 5.04. The number of carbonyl (C=O) groups is 1. The summed E-state index contributed by atoms with van der Waals surface area (Å²) in [7, 11) is 0. The number of aromatic nitrogens is 2. The molecule has 0 unspecified atom stereocenters. The van der Waals surface area contributed by atoms with Crippen LogP contribution in [0, 0.1) is 13.8 Å². The number of hydrogen-bond acceptors (Lipinski definition) is 3. The van der Waals surface area contributed by atoms with Crippen LogP contribution < -0.4 is 5.43 Å². The van der Waals surface area contributed by atoms with Crippen molar-refractivity contribution < 1.29 is 4.79 Å². The number of nitrogens with zero attached hydrogens (tertiary/aromatic N) is 3. The van der Waals surface area contributed by atoms with E-state index in [1.165, 1.54) is 5.56 Å². The van der Waals surface area contributed by atoms with E-state index < -0.39 is 0 Å². The van der Waals surface area contributed by atoms with Gasteiger partial charge in [0, 0.05) is 5.69 Å². The highest BCUT2D eigenvalue weighted by atomic mass is 16.2. The highest BCUT2D eigenvalue weighted by molar-refractivity contribution is 5.83. The number of benzene rings is 2. The first-order chi connectivity index (χ1) is 12.1. The van der Waals surface area contributed by atoms with Crippen LogP contribution in [-0.2, 0) is 11.3 Å². The Hall–Kier alpha value is -3.21. The van der Waals surface area contributed by atoms with Gasteiger partial charge in [0.1, 0.15) is 6.54 Å². The van der Waals surface area contributed by atoms with Gasteiger partial charge in [-0.05, 0) is 36.6 Å². The van der Waals surface area contributed by atoms with Gasteiger partial charge in [0.2, 0.25) is 0 Å². The molecule has 0 saturated heterocycles. The third-order valence-corrected chi connectivity index (χ3v) is 3.82. The van der Waals surface area contributed by atoms with Crippen molar-refractivity contribution in [2.75, 3.05) is 0 Å². The molecule has 0 aliphatic rings. The number of carbonyl (C=O) groups excluding carboxylic acids is 1. The molecule has 0 atom stereocenters. The Morgan fingerprint density at radius 2 is 1.76 bits per heavy atom. The van der Waals surface area contributed by atoms with Crippen LogP contribution in [0.4, 0.5) is 0 Å². The van der Waals surface area contributed by atoms with Crippen LogP contribution in [0.1, 0.15) is 17.0 Å². The second kappa shape index (κ2) is 7.57. The molecule has 0 spiro atoms. The van der Waals surface area contributed by atoms with Crippen LogP contribution in [0.2, 0.25) is 0 Å². The number of amides is 1. The lowest BCUT2D eigenvalue weighted by molar-refractivity contribution is -0.121. The molecule has 3 aromatic rings. The second-order valence-electron chi connectivity index (χ2n) is 5.87. The predicted molar refractivity (Wildman–Crippen MR) is 99.3 cm³/mol. The number of nitrogens with one attached hydrogen (secondary N) is 1. The summed E-state index contributed by atoms with van der Waals surface area (Å²) in [5.74, 6) is -0.205. The molecule has 1 N–H and O–H groups in total. The van der Waals surface area contributed by atoms with Crippen molar-refractivity contribution in [3.8, 4) is 11.1 Å². The van der Waals surface area contributed by atoms with Gasteiger partial charge in [0.05, 0.1) is 11.9 Å². The maximum Gasteiger partial charge on any atom is 0.261 e. The van der Waals surface area contributed by atoms with E-state index in [2.05, 4.69) is 27.8 Å². The zero-order chi connectivity index (χ0) is 17.6. The summed E-state index contributed by atoms with van der Waals surface area (Å²) in [6.07, 6.45) is 1.63. The molecule has 0 radical (unpaired) electrons. The van der Waals surface area contributed by atoms with Crippen molar-refractivity contribution in [3.05, 3.63) is 77.6 Å². The summed E-state index contributed by atoms with van der Waals surface area (Å²) in [6.45, 7) is 3.98. The molecule has 0 aliphatic heterocycles. The first kappa shape index (κ1) is 16.6. The van der Waals surface area contributed by atoms with Gasteiger partial charge in [0.25, 0.3) is 5.91 Å². The standard InChI is InChI=1S/C20H20N4O/c1-15-12-16(2)24(23-15)14-20(25)22-21-13-17-8-10-19(11-9-17)18-6-4-3-5-7-18/h3-13H,14H2,1-2H3,(H,22,25). The Labute approximate surface area is 147 Å². The van der Waals surface area contributed by atoms with Crippen molar-refractivity contribution in [3.63, 3.8) is 0 Å². The Morgan fingerprint density at radius 1 is 1.08 bits per heavy atom. The Bertz CT molecular complexity index is 880. The fourth-order valence-electron chi connectivity index (χ4n) is 2.58. The van der Waals surface area contributed by atoms with E-state index in [0.717, 1.165) is 22.5 Å². The average molecular weight is 332 g/mol. The fourth-order valence-corrected chi connectivity index (χ4v) is 2.58. The summed E-state index contributed by atoms with van der Waals surface area (Å²) < 4.78 is 1.66. The molecule has 5 nitrogen and oxygen atoms in total. The molecule has 126 valence electrons. The molecule has 0 aliphatic carbocycles. The number of hydrogen-bond donors (Lipinski definition) is 1. The SMILES string of the molecule is Cc1cc(C)n(CC(=O)NN=Cc2ccc(-c3ccccc3)cc2)n1. The van der Waals surface area contributed by atoms with Crippen molar-refractivity contribution in [2.45, 2.75) is 20.4 Å². The van der Waals surface area contributed by atoms with E-state index in [0.29, 0.717) is 0 Å². The lowest BCUT2D eigenvalue weighted by Crippen LogP contribution is -2.24. The highest BCUT2D eigenvalue weighted by Crippen LogP contribution is 2.18. The van der Waals surface area contributed by atoms with Gasteiger partial charge in [-0.3, -0.25) is 9.48 Å². The van der Waals surface area contributed by atoms with Crippen molar-refractivity contribution in [2.24, 2.45) is 5.10 Å². The van der Waals surface area contributed by atoms with E-state index in [1.807, 2.05) is 62.4 Å². The molecule has 1 amide bonds. The minimum Gasteiger partial charge on any atom is -0.271 e. The zero-order valence-corrected chi connectivity index (χ0v) is 14.3. The molecule has 5 heteroatoms. The van der Waals surface area contributed by atoms with E-state index in [9.17, 15) is 4.79 Å². The third kappa shape index (κ3) is 4.41. The first-order valence-corrected chi connectivity index (χ1v) is 8.10. The molecular weight excluding hydrogens is 312 g/mol. The molecule has 1 heterocycles. The minimum atomic E-state index is -0.205. The molecule has 3 rings (SSSR count). The largest absolute Gasteiger partial charge is 0.271 e. The quantitative estimate of drug-likeness (QED) is 0.575. The van der Waals surface area contributed by atoms with Gasteiger partial charge in [-0.25, -0.2) is 5.43 Å². The van der Waals surface area contributed by atoms with Gasteiger partial charge in [-0.15, -0.1) is 0 Å². The number of hydrazone groups is 1. The van der Waals surface area contributed by atoms with Crippen LogP contribution in [-0.4, -0.2) is 21.9 Å². The maximum atomic E-state index is 11.9. The smallest absolute Gasteiger partial charge is 0.261 e. The molecule has 1 aromatic heterocycles. The van der Waals surface area contributed by atoms with Crippen molar-refractivity contribution >= 4 is 12.1 Å². The van der Waals surface area contributed by atoms with E-state index in [4.69, 9.17) is 0 Å². The summed E-state index contributed by atoms with van der Waals surface area (Å²) in [5, 5.41) is 8.27. The van der Waals surface area contributed by atoms with Gasteiger partial charge in [-0.2, -0.15) is 10.2 Å². The number of aryl methyl sites for hydroxylation is 2. The fraction of sp³-hybridized carbons (Fsp3) is 0.150. The van der Waals surface area contributed by atoms with Crippen molar-refractivity contribution in [1.82, 2.24) is 15.2 Å². The van der Waals surface area contributed by atoms with Crippen LogP contribution in [0.25, 0.3) is 11.1 Å². The molecule has 2 aromatic carbocycles. The summed E-state index contributed by atoms with van der Waals surface area (Å²) in [5.41, 5.74) is 7.62. The zero-order valence-electron chi connectivity index (χ0n) is 14.3. The van der Waals surface area contributed by atoms with Crippen molar-refractivity contribution in [1.29, 1.82) is 0 Å². The topological polar surface area (TPSA) is 59.3 Å². The van der Waals surface area contributed by atoms with Gasteiger partial charge >= 0.3 is 0 Å². The van der Waals surface area contributed by atoms with Crippen LogP contribution >= 0.6 is 0 Å². The maximum absolute atomic E-state index is 11.9. The summed E-state index contributed by atoms with van der Waals surface area (Å²) in [6, 6.07) is 20.1. The average Bonchev–Trinajstić information content (AvgIpc) is 2.93. The summed E-state index contributed by atoms with van der Waals surface area (Å²) >= 11 is 0. The molecule has 25 heavy (non-hydrogen) atoms. The highest BCUT2D eigenvalue weighted by Gasteiger charge is 2.05. The molecular formula is C20H20N4O. The molecule has 0 fully saturated rings. The normalized spacial score (nSPS) is 11.0. The molecule has 0 bridgehead atoms. The van der Waals surface area contributed by atoms with E-state index in [1.54, 1.807) is 10.9 Å². The van der Waals surface area contributed by atoms with Crippen LogP contribution in [0.3, 0.4) is 0 Å². The van der Waals surface area contributed by atoms with Gasteiger partial charge < -0.3 is 0 Å². The number of rotatable bonds is 5. The van der Waals surface area contributed by atoms with E-state index >= 15 is 0 Å². The van der Waals surface area contributed by atoms with Crippen LogP contribution in [0.5, 0.6) is 0 Å². The first-order valence-electron chi connectivity index (χ1n) is 8.10. The van der Waals surface area contributed by atoms with Crippen LogP contribution in [0.15, 0.2) is 65.8 Å². The molecule has 0 saturated carbocycles. The van der Waals surface area contributed by atoms with Gasteiger partial charge in [-0.1, -0.05) is 54.6 Å². The van der Waals surface area contributed by atoms with Gasteiger partial charge in [0.15, 0.2) is 0 Å². The predicted octanol–water partition coefficient (Wildman–Crippen LogP) is 3.32. The minimum absolute atomic E-state index is 0.157. The third-order valence-electron chi connectivity index (χ3n) is 3.82. The lowest BCUT2D eigenvalue weighted by Gasteiger charge is -2.03. The Morgan fingerprint density at radius 3 is 2.40 bits per heavy atom. The second-order valence-corrected chi connectivity index (χ2v) is 5.87. The summed E-state index contributed by atoms with van der Waals surface area (Å²) in [4.78, 5) is 11.9. The monoisotopic (exact) mass is 332 g/mol. The Balaban J connectivity index is 1.57. The van der Waals surface area contributed by atoms with E-state index in [-0.39, 0.29) is 12.5 Å².